The highest BCUT2D eigenvalue weighted by Gasteiger charge is 2.12. The summed E-state index contributed by atoms with van der Waals surface area (Å²) in [6.45, 7) is -0.0362. The predicted molar refractivity (Wildman–Crippen MR) is 232 cm³/mol. The van der Waals surface area contributed by atoms with Crippen molar-refractivity contribution in [2.24, 2.45) is 26.2 Å². The summed E-state index contributed by atoms with van der Waals surface area (Å²) in [4.78, 5) is 26.9. The van der Waals surface area contributed by atoms with Gasteiger partial charge in [0.15, 0.2) is 34.8 Å². The van der Waals surface area contributed by atoms with Gasteiger partial charge in [-0.1, -0.05) is 7.43 Å². The zero-order valence-electron chi connectivity index (χ0n) is 33.4. The van der Waals surface area contributed by atoms with Crippen LogP contribution in [0.4, 0.5) is 51.7 Å². The Hall–Kier alpha value is -7.66. The van der Waals surface area contributed by atoms with Gasteiger partial charge in [0.2, 0.25) is 0 Å². The van der Waals surface area contributed by atoms with Gasteiger partial charge in [0.05, 0.1) is 28.3 Å². The number of nitrogens with two attached hydrogens (primary N) is 1. The summed E-state index contributed by atoms with van der Waals surface area (Å²) in [7, 11) is 7.85. The zero-order chi connectivity index (χ0) is 44.6. The molecule has 0 aromatic heterocycles. The molecule has 6 rings (SSSR count). The number of hydrogen-bond acceptors (Lipinski definition) is 11. The second kappa shape index (κ2) is 23.2. The summed E-state index contributed by atoms with van der Waals surface area (Å²) in [5, 5.41) is 45.6. The number of hydrogen-bond donors (Lipinski definition) is 5. The van der Waals surface area contributed by atoms with E-state index in [0.717, 1.165) is 41.3 Å². The van der Waals surface area contributed by atoms with E-state index < -0.39 is 46.6 Å². The normalized spacial score (nSPS) is 10.5. The Morgan fingerprint density at radius 3 is 1.16 bits per heavy atom. The number of nitrogens with zero attached hydrogens (tertiary/aromatic N) is 6. The molecular weight excluding hydrogens is 809 g/mol. The number of carbonyl (C=O) groups excluding carboxylic acids is 1. The second-order valence-electron chi connectivity index (χ2n) is 13.3. The molecule has 0 aliphatic rings. The van der Waals surface area contributed by atoms with Crippen molar-refractivity contribution in [3.63, 3.8) is 0 Å². The molecule has 0 aliphatic heterocycles. The highest BCUT2D eigenvalue weighted by molar-refractivity contribution is 5.94. The molecule has 0 saturated carbocycles. The van der Waals surface area contributed by atoms with E-state index in [2.05, 4.69) is 25.8 Å². The Balaban J connectivity index is 0.000000275. The van der Waals surface area contributed by atoms with Crippen LogP contribution in [0, 0.1) is 23.3 Å². The molecule has 13 nitrogen and oxygen atoms in total. The largest absolute Gasteiger partial charge is 0.503 e. The lowest BCUT2D eigenvalue weighted by molar-refractivity contribution is 0.0696. The van der Waals surface area contributed by atoms with Gasteiger partial charge in [-0.25, -0.2) is 22.4 Å². The average molecular weight is 855 g/mol. The quantitative estimate of drug-likeness (QED) is 0.0628. The molecule has 6 aromatic rings. The molecule has 17 heteroatoms. The van der Waals surface area contributed by atoms with E-state index in [9.17, 15) is 27.2 Å². The van der Waals surface area contributed by atoms with E-state index >= 15 is 0 Å². The van der Waals surface area contributed by atoms with Crippen LogP contribution in [0.1, 0.15) is 39.3 Å². The van der Waals surface area contributed by atoms with Crippen molar-refractivity contribution >= 4 is 46.0 Å². The number of anilines is 2. The first kappa shape index (κ1) is 48.7. The van der Waals surface area contributed by atoms with Crippen molar-refractivity contribution in [1.82, 2.24) is 5.32 Å². The van der Waals surface area contributed by atoms with E-state index in [1.54, 1.807) is 36.4 Å². The van der Waals surface area contributed by atoms with Crippen molar-refractivity contribution in [3.8, 4) is 11.5 Å². The molecule has 6 N–H and O–H groups in total. The lowest BCUT2D eigenvalue weighted by Crippen LogP contribution is -2.22. The SMILES string of the molecule is C.CN(C)c1ccc(N=Nc2ccc(C(=O)NCc3cc(F)c(O)c(F)c3)cc2)cc1.CN(C)c1ccc(N=Nc2ccc(C(=O)O)cc2)cc1.NCc1cc(F)c(O)c(F)c1. The highest BCUT2D eigenvalue weighted by Crippen LogP contribution is 2.25. The zero-order valence-corrected chi connectivity index (χ0v) is 33.4. The van der Waals surface area contributed by atoms with E-state index in [0.29, 0.717) is 28.2 Å². The molecule has 0 heterocycles. The first-order valence-electron chi connectivity index (χ1n) is 18.2. The maximum Gasteiger partial charge on any atom is 0.335 e. The molecule has 0 radical (unpaired) electrons. The van der Waals surface area contributed by atoms with Crippen molar-refractivity contribution < 1.29 is 42.5 Å². The number of azo groups is 2. The average Bonchev–Trinajstić information content (AvgIpc) is 3.25. The first-order valence-corrected chi connectivity index (χ1v) is 18.2. The number of phenolic OH excluding ortho intramolecular Hbond substituents is 2. The third kappa shape index (κ3) is 14.6. The number of halogens is 4. The maximum atomic E-state index is 13.4. The van der Waals surface area contributed by atoms with Gasteiger partial charge in [-0.05, 0) is 132 Å². The minimum atomic E-state index is -1.08. The smallest absolute Gasteiger partial charge is 0.335 e. The molecule has 62 heavy (non-hydrogen) atoms. The Bertz CT molecular complexity index is 2420. The fourth-order valence-electron chi connectivity index (χ4n) is 4.96. The fraction of sp³-hybridized carbons (Fsp3) is 0.156. The Labute approximate surface area is 356 Å². The summed E-state index contributed by atoms with van der Waals surface area (Å²) < 4.78 is 51.7. The number of amides is 1. The standard InChI is InChI=1S/C22H20F2N4O2.C15H15N3O2.C7H7F2NO.CH4/c1-28(2)18-9-7-17(8-10-18)27-26-16-5-3-15(4-6-16)22(30)25-13-14-11-19(23)21(29)20(24)12-14;1-18(2)14-9-7-13(8-10-14)17-16-12-5-3-11(4-6-12)15(19)20;8-5-1-4(3-10)2-6(9)7(5)11;/h3-12,29H,13H2,1-2H3,(H,25,30);3-10H,1-2H3,(H,19,20);1-2,11H,3,10H2;1H4. The number of phenols is 2. The van der Waals surface area contributed by atoms with Gasteiger partial charge in [0.1, 0.15) is 0 Å². The molecule has 0 bridgehead atoms. The van der Waals surface area contributed by atoms with Crippen molar-refractivity contribution in [2.75, 3.05) is 38.0 Å². The third-order valence-corrected chi connectivity index (χ3v) is 8.38. The molecule has 1 amide bonds. The second-order valence-corrected chi connectivity index (χ2v) is 13.3. The fourth-order valence-corrected chi connectivity index (χ4v) is 4.96. The van der Waals surface area contributed by atoms with Crippen LogP contribution >= 0.6 is 0 Å². The lowest BCUT2D eigenvalue weighted by Gasteiger charge is -2.11. The highest BCUT2D eigenvalue weighted by atomic mass is 19.1. The predicted octanol–water partition coefficient (Wildman–Crippen LogP) is 10.7. The molecule has 0 fully saturated rings. The van der Waals surface area contributed by atoms with Crippen LogP contribution in [-0.4, -0.2) is 55.4 Å². The van der Waals surface area contributed by atoms with Crippen LogP contribution in [0.2, 0.25) is 0 Å². The molecule has 0 atom stereocenters. The monoisotopic (exact) mass is 854 g/mol. The van der Waals surface area contributed by atoms with Gasteiger partial charge in [0.25, 0.3) is 5.91 Å². The van der Waals surface area contributed by atoms with Crippen LogP contribution in [0.3, 0.4) is 0 Å². The van der Waals surface area contributed by atoms with Crippen LogP contribution in [0.25, 0.3) is 0 Å². The van der Waals surface area contributed by atoms with Gasteiger partial charge in [-0.3, -0.25) is 4.79 Å². The number of carbonyl (C=O) groups is 2. The lowest BCUT2D eigenvalue weighted by atomic mass is 10.1. The molecule has 0 unspecified atom stereocenters. The summed E-state index contributed by atoms with van der Waals surface area (Å²) in [5.41, 5.74) is 11.0. The number of rotatable bonds is 11. The van der Waals surface area contributed by atoms with Gasteiger partial charge >= 0.3 is 5.97 Å². The number of aromatic hydroxyl groups is 2. The van der Waals surface area contributed by atoms with Crippen LogP contribution < -0.4 is 20.9 Å². The molecule has 324 valence electrons. The van der Waals surface area contributed by atoms with Crippen LogP contribution in [0.5, 0.6) is 11.5 Å². The molecule has 6 aromatic carbocycles. The summed E-state index contributed by atoms with van der Waals surface area (Å²) in [6.07, 6.45) is 0. The third-order valence-electron chi connectivity index (χ3n) is 8.38. The van der Waals surface area contributed by atoms with Crippen molar-refractivity contribution in [2.45, 2.75) is 20.5 Å². The van der Waals surface area contributed by atoms with Crippen molar-refractivity contribution in [1.29, 1.82) is 0 Å². The molecular formula is C45H46F4N8O5. The van der Waals surface area contributed by atoms with Crippen molar-refractivity contribution in [3.05, 3.63) is 167 Å². The summed E-state index contributed by atoms with van der Waals surface area (Å²) >= 11 is 0. The van der Waals surface area contributed by atoms with E-state index in [-0.39, 0.29) is 31.6 Å². The first-order chi connectivity index (χ1) is 29.0. The minimum Gasteiger partial charge on any atom is -0.503 e. The van der Waals surface area contributed by atoms with Gasteiger partial charge in [-0.15, -0.1) is 0 Å². The van der Waals surface area contributed by atoms with E-state index in [4.69, 9.17) is 21.1 Å². The Morgan fingerprint density at radius 2 is 0.855 bits per heavy atom. The van der Waals surface area contributed by atoms with Crippen LogP contribution in [-0.2, 0) is 13.1 Å². The number of aromatic carboxylic acids is 1. The van der Waals surface area contributed by atoms with Gasteiger partial charge < -0.3 is 36.2 Å². The van der Waals surface area contributed by atoms with Crippen LogP contribution in [0.15, 0.2) is 142 Å². The van der Waals surface area contributed by atoms with E-state index in [1.807, 2.05) is 86.5 Å². The Morgan fingerprint density at radius 1 is 0.548 bits per heavy atom. The summed E-state index contributed by atoms with van der Waals surface area (Å²) in [5.74, 6) is -7.48. The molecule has 0 spiro atoms. The Kier molecular flexibility index (Phi) is 18.2. The number of nitrogens with one attached hydrogen (secondary N) is 1. The topological polar surface area (TPSA) is 189 Å². The molecule has 0 aliphatic carbocycles. The number of carboxylic acids is 1. The number of benzene rings is 6. The summed E-state index contributed by atoms with van der Waals surface area (Å²) in [6, 6.07) is 31.9. The van der Waals surface area contributed by atoms with Gasteiger partial charge in [-0.2, -0.15) is 20.5 Å². The van der Waals surface area contributed by atoms with Gasteiger partial charge in [0, 0.05) is 58.2 Å². The molecule has 0 saturated heterocycles. The maximum absolute atomic E-state index is 13.4. The van der Waals surface area contributed by atoms with E-state index in [1.165, 1.54) is 12.1 Å². The number of carboxylic acid groups (broad SMARTS) is 1. The minimum absolute atomic E-state index is 0.